The quantitative estimate of drug-likeness (QED) is 0.421. The normalized spacial score (nSPS) is 12.0. The first-order valence-electron chi connectivity index (χ1n) is 9.35. The van der Waals surface area contributed by atoms with Crippen molar-refractivity contribution >= 4 is 5.96 Å². The Bertz CT molecular complexity index is 671. The summed E-state index contributed by atoms with van der Waals surface area (Å²) in [6, 6.07) is 0. The van der Waals surface area contributed by atoms with Crippen molar-refractivity contribution in [2.24, 2.45) is 12.0 Å². The molecule has 0 saturated heterocycles. The van der Waals surface area contributed by atoms with Gasteiger partial charge in [0.25, 0.3) is 0 Å². The summed E-state index contributed by atoms with van der Waals surface area (Å²) in [6.07, 6.45) is 7.70. The molecule has 0 saturated carbocycles. The third-order valence-electron chi connectivity index (χ3n) is 4.14. The van der Waals surface area contributed by atoms with E-state index in [1.165, 1.54) is 5.56 Å². The molecule has 0 bridgehead atoms. The van der Waals surface area contributed by atoms with Crippen molar-refractivity contribution in [2.75, 3.05) is 20.1 Å². The van der Waals surface area contributed by atoms with E-state index in [1.54, 1.807) is 12.7 Å². The molecule has 8 heteroatoms. The third-order valence-corrected chi connectivity index (χ3v) is 4.14. The minimum absolute atomic E-state index is 0.414. The number of unbranched alkanes of at least 4 members (excludes halogenated alkanes) is 1. The van der Waals surface area contributed by atoms with E-state index in [0.29, 0.717) is 5.92 Å². The highest BCUT2D eigenvalue weighted by atomic mass is 15.3. The minimum atomic E-state index is 0.414. The van der Waals surface area contributed by atoms with E-state index in [2.05, 4.69) is 59.5 Å². The molecule has 0 radical (unpaired) electrons. The lowest BCUT2D eigenvalue weighted by molar-refractivity contribution is 0.472. The maximum absolute atomic E-state index is 4.77. The van der Waals surface area contributed by atoms with Gasteiger partial charge in [0, 0.05) is 52.0 Å². The predicted molar refractivity (Wildman–Crippen MR) is 104 cm³/mol. The summed E-state index contributed by atoms with van der Waals surface area (Å²) in [5.74, 6) is 1.35. The second kappa shape index (κ2) is 9.94. The van der Waals surface area contributed by atoms with E-state index in [-0.39, 0.29) is 0 Å². The summed E-state index contributed by atoms with van der Waals surface area (Å²) < 4.78 is 3.89. The first-order chi connectivity index (χ1) is 12.5. The molecular weight excluding hydrogens is 328 g/mol. The summed E-state index contributed by atoms with van der Waals surface area (Å²) in [7, 11) is 4.06. The molecule has 144 valence electrons. The summed E-state index contributed by atoms with van der Waals surface area (Å²) >= 11 is 0. The fourth-order valence-electron chi connectivity index (χ4n) is 2.89. The van der Waals surface area contributed by atoms with Crippen molar-refractivity contribution in [3.63, 3.8) is 0 Å². The van der Waals surface area contributed by atoms with Crippen LogP contribution in [-0.4, -0.2) is 55.5 Å². The summed E-state index contributed by atoms with van der Waals surface area (Å²) in [5.41, 5.74) is 2.41. The monoisotopic (exact) mass is 360 g/mol. The van der Waals surface area contributed by atoms with E-state index in [4.69, 9.17) is 4.99 Å². The van der Waals surface area contributed by atoms with Gasteiger partial charge in [-0.3, -0.25) is 9.67 Å². The van der Waals surface area contributed by atoms with Crippen LogP contribution in [0.1, 0.15) is 50.8 Å². The van der Waals surface area contributed by atoms with E-state index in [9.17, 15) is 0 Å². The van der Waals surface area contributed by atoms with Crippen LogP contribution in [0.3, 0.4) is 0 Å². The van der Waals surface area contributed by atoms with Crippen LogP contribution in [0, 0.1) is 0 Å². The number of guanidine groups is 1. The molecule has 0 amide bonds. The standard InChI is InChI=1S/C18H32N8/c1-6-19-18(20-9-7-8-10-26-13-21-22-14-26)24(4)11-16-12-25(5)23-17(16)15(2)3/h12-15H,6-11H2,1-5H3,(H,19,20). The average molecular weight is 361 g/mol. The summed E-state index contributed by atoms with van der Waals surface area (Å²) in [4.78, 5) is 6.95. The molecule has 8 nitrogen and oxygen atoms in total. The van der Waals surface area contributed by atoms with Crippen LogP contribution in [0.4, 0.5) is 0 Å². The molecule has 0 fully saturated rings. The van der Waals surface area contributed by atoms with Crippen LogP contribution in [0.5, 0.6) is 0 Å². The van der Waals surface area contributed by atoms with Gasteiger partial charge in [-0.25, -0.2) is 0 Å². The molecule has 26 heavy (non-hydrogen) atoms. The van der Waals surface area contributed by atoms with Gasteiger partial charge in [0.15, 0.2) is 5.96 Å². The van der Waals surface area contributed by atoms with E-state index in [1.807, 2.05) is 16.3 Å². The largest absolute Gasteiger partial charge is 0.357 e. The van der Waals surface area contributed by atoms with Gasteiger partial charge in [-0.15, -0.1) is 10.2 Å². The number of nitrogens with zero attached hydrogens (tertiary/aromatic N) is 7. The van der Waals surface area contributed by atoms with Crippen LogP contribution in [0.2, 0.25) is 0 Å². The Labute approximate surface area is 156 Å². The van der Waals surface area contributed by atoms with Crippen molar-refractivity contribution in [3.05, 3.63) is 30.1 Å². The fourth-order valence-corrected chi connectivity index (χ4v) is 2.89. The number of hydrogen-bond acceptors (Lipinski definition) is 4. The Morgan fingerprint density at radius 3 is 2.65 bits per heavy atom. The molecule has 2 rings (SSSR count). The van der Waals surface area contributed by atoms with Crippen LogP contribution >= 0.6 is 0 Å². The maximum atomic E-state index is 4.77. The molecule has 2 aromatic heterocycles. The number of rotatable bonds is 9. The molecule has 0 unspecified atom stereocenters. The van der Waals surface area contributed by atoms with Crippen molar-refractivity contribution < 1.29 is 0 Å². The first-order valence-corrected chi connectivity index (χ1v) is 9.35. The van der Waals surface area contributed by atoms with Crippen LogP contribution in [-0.2, 0) is 20.1 Å². The van der Waals surface area contributed by atoms with Crippen LogP contribution in [0.25, 0.3) is 0 Å². The second-order valence-electron chi connectivity index (χ2n) is 6.87. The number of aryl methyl sites for hydroxylation is 2. The lowest BCUT2D eigenvalue weighted by Crippen LogP contribution is -2.38. The van der Waals surface area contributed by atoms with Crippen molar-refractivity contribution in [3.8, 4) is 0 Å². The lowest BCUT2D eigenvalue weighted by atomic mass is 10.1. The maximum Gasteiger partial charge on any atom is 0.193 e. The Morgan fingerprint density at radius 2 is 2.00 bits per heavy atom. The SMILES string of the molecule is CCNC(=NCCCCn1cnnc1)N(C)Cc1cn(C)nc1C(C)C. The van der Waals surface area contributed by atoms with Crippen molar-refractivity contribution in [2.45, 2.75) is 52.6 Å². The molecule has 1 N–H and O–H groups in total. The molecule has 0 aliphatic rings. The Morgan fingerprint density at radius 1 is 1.27 bits per heavy atom. The number of nitrogens with one attached hydrogen (secondary N) is 1. The lowest BCUT2D eigenvalue weighted by Gasteiger charge is -2.22. The zero-order chi connectivity index (χ0) is 18.9. The van der Waals surface area contributed by atoms with Gasteiger partial charge >= 0.3 is 0 Å². The summed E-state index contributed by atoms with van der Waals surface area (Å²) in [6.45, 7) is 9.85. The van der Waals surface area contributed by atoms with Crippen LogP contribution in [0.15, 0.2) is 23.8 Å². The average Bonchev–Trinajstić information content (AvgIpc) is 3.23. The molecule has 0 atom stereocenters. The van der Waals surface area contributed by atoms with Gasteiger partial charge in [0.1, 0.15) is 12.7 Å². The molecule has 2 aromatic rings. The summed E-state index contributed by atoms with van der Waals surface area (Å²) in [5, 5.41) is 15.6. The Balaban J connectivity index is 1.90. The van der Waals surface area contributed by atoms with Crippen LogP contribution < -0.4 is 5.32 Å². The number of aromatic nitrogens is 5. The topological polar surface area (TPSA) is 76.2 Å². The highest BCUT2D eigenvalue weighted by Crippen LogP contribution is 2.18. The van der Waals surface area contributed by atoms with E-state index in [0.717, 1.165) is 50.7 Å². The Kier molecular flexibility index (Phi) is 7.62. The smallest absolute Gasteiger partial charge is 0.193 e. The number of aliphatic imine (C=N–C) groups is 1. The fraction of sp³-hybridized carbons (Fsp3) is 0.667. The van der Waals surface area contributed by atoms with Gasteiger partial charge in [-0.1, -0.05) is 13.8 Å². The van der Waals surface area contributed by atoms with E-state index < -0.39 is 0 Å². The van der Waals surface area contributed by atoms with Crippen molar-refractivity contribution in [1.82, 2.24) is 34.8 Å². The van der Waals surface area contributed by atoms with Gasteiger partial charge in [0.2, 0.25) is 0 Å². The molecule has 0 aliphatic heterocycles. The highest BCUT2D eigenvalue weighted by Gasteiger charge is 2.14. The first kappa shape index (κ1) is 19.9. The zero-order valence-electron chi connectivity index (χ0n) is 16.7. The van der Waals surface area contributed by atoms with E-state index >= 15 is 0 Å². The highest BCUT2D eigenvalue weighted by molar-refractivity contribution is 5.79. The number of hydrogen-bond donors (Lipinski definition) is 1. The molecular formula is C18H32N8. The van der Waals surface area contributed by atoms with Gasteiger partial charge < -0.3 is 14.8 Å². The molecule has 0 aromatic carbocycles. The molecule has 0 spiro atoms. The van der Waals surface area contributed by atoms with Crippen molar-refractivity contribution in [1.29, 1.82) is 0 Å². The van der Waals surface area contributed by atoms with Gasteiger partial charge in [-0.2, -0.15) is 5.10 Å². The molecule has 0 aliphatic carbocycles. The van der Waals surface area contributed by atoms with Gasteiger partial charge in [-0.05, 0) is 25.7 Å². The third kappa shape index (κ3) is 5.86. The van der Waals surface area contributed by atoms with Gasteiger partial charge in [0.05, 0.1) is 5.69 Å². The second-order valence-corrected chi connectivity index (χ2v) is 6.87. The molecule has 2 heterocycles. The Hall–Kier alpha value is -2.38. The zero-order valence-corrected chi connectivity index (χ0v) is 16.7. The minimum Gasteiger partial charge on any atom is -0.357 e. The predicted octanol–water partition coefficient (Wildman–Crippen LogP) is 2.01.